The summed E-state index contributed by atoms with van der Waals surface area (Å²) in [6, 6.07) is 7.45. The van der Waals surface area contributed by atoms with Crippen molar-refractivity contribution in [3.8, 4) is 0 Å². The number of amides is 2. The Bertz CT molecular complexity index is 321. The largest absolute Gasteiger partial charge is 0.399 e. The van der Waals surface area contributed by atoms with E-state index in [0.29, 0.717) is 13.1 Å². The number of hydrogen-bond donors (Lipinski definition) is 2. The van der Waals surface area contributed by atoms with Gasteiger partial charge in [-0.05, 0) is 24.6 Å². The average Bonchev–Trinajstić information content (AvgIpc) is 2.22. The molecule has 0 unspecified atom stereocenters. The fourth-order valence-electron chi connectivity index (χ4n) is 1.25. The molecule has 4 nitrogen and oxygen atoms in total. The van der Waals surface area contributed by atoms with Crippen molar-refractivity contribution in [1.82, 2.24) is 10.2 Å². The second-order valence-corrected chi connectivity index (χ2v) is 3.43. The number of carbonyl (C=O) groups is 1. The summed E-state index contributed by atoms with van der Waals surface area (Å²) >= 11 is 0. The molecular weight excluding hydrogens is 190 g/mol. The van der Waals surface area contributed by atoms with Gasteiger partial charge >= 0.3 is 6.03 Å². The maximum Gasteiger partial charge on any atom is 0.317 e. The third-order valence-electron chi connectivity index (χ3n) is 2.07. The van der Waals surface area contributed by atoms with E-state index in [-0.39, 0.29) is 6.03 Å². The van der Waals surface area contributed by atoms with Crippen LogP contribution in [0.15, 0.2) is 24.3 Å². The molecule has 0 spiro atoms. The minimum Gasteiger partial charge on any atom is -0.399 e. The highest BCUT2D eigenvalue weighted by Gasteiger charge is 2.06. The lowest BCUT2D eigenvalue weighted by Gasteiger charge is -2.17. The average molecular weight is 207 g/mol. The van der Waals surface area contributed by atoms with E-state index in [9.17, 15) is 4.79 Å². The molecular formula is C11H17N3O. The Balaban J connectivity index is 2.54. The summed E-state index contributed by atoms with van der Waals surface area (Å²) in [5, 5.41) is 2.74. The molecule has 0 saturated heterocycles. The highest BCUT2D eigenvalue weighted by atomic mass is 16.2. The van der Waals surface area contributed by atoms with Crippen molar-refractivity contribution in [2.75, 3.05) is 19.3 Å². The van der Waals surface area contributed by atoms with Crippen LogP contribution in [0.3, 0.4) is 0 Å². The van der Waals surface area contributed by atoms with Gasteiger partial charge in [0.05, 0.1) is 0 Å². The summed E-state index contributed by atoms with van der Waals surface area (Å²) in [4.78, 5) is 13.0. The van der Waals surface area contributed by atoms with Gasteiger partial charge in [-0.2, -0.15) is 0 Å². The summed E-state index contributed by atoms with van der Waals surface area (Å²) < 4.78 is 0. The maximum atomic E-state index is 11.4. The van der Waals surface area contributed by atoms with E-state index >= 15 is 0 Å². The minimum absolute atomic E-state index is 0.0608. The summed E-state index contributed by atoms with van der Waals surface area (Å²) in [5.74, 6) is 0. The van der Waals surface area contributed by atoms with Gasteiger partial charge in [0, 0.05) is 25.8 Å². The predicted octanol–water partition coefficient (Wildman–Crippen LogP) is 1.43. The van der Waals surface area contributed by atoms with Crippen molar-refractivity contribution < 1.29 is 4.79 Å². The number of nitrogens with one attached hydrogen (secondary N) is 1. The Morgan fingerprint density at radius 2 is 2.00 bits per heavy atom. The van der Waals surface area contributed by atoms with Gasteiger partial charge in [-0.3, -0.25) is 0 Å². The van der Waals surface area contributed by atoms with Gasteiger partial charge in [-0.25, -0.2) is 4.79 Å². The summed E-state index contributed by atoms with van der Waals surface area (Å²) in [7, 11) is 1.77. The fraction of sp³-hybridized carbons (Fsp3) is 0.364. The van der Waals surface area contributed by atoms with E-state index in [0.717, 1.165) is 11.3 Å². The van der Waals surface area contributed by atoms with Crippen LogP contribution >= 0.6 is 0 Å². The Kier molecular flexibility index (Phi) is 3.97. The van der Waals surface area contributed by atoms with E-state index in [2.05, 4.69) is 5.32 Å². The Morgan fingerprint density at radius 1 is 1.40 bits per heavy atom. The van der Waals surface area contributed by atoms with Crippen molar-refractivity contribution in [1.29, 1.82) is 0 Å². The van der Waals surface area contributed by atoms with Gasteiger partial charge < -0.3 is 16.0 Å². The van der Waals surface area contributed by atoms with Crippen molar-refractivity contribution in [3.05, 3.63) is 29.8 Å². The minimum atomic E-state index is -0.0608. The van der Waals surface area contributed by atoms with Crippen LogP contribution in [0.4, 0.5) is 10.5 Å². The Morgan fingerprint density at radius 3 is 2.53 bits per heavy atom. The molecule has 0 atom stereocenters. The first-order chi connectivity index (χ1) is 7.13. The van der Waals surface area contributed by atoms with Crippen LogP contribution in [-0.4, -0.2) is 24.5 Å². The van der Waals surface area contributed by atoms with E-state index in [1.807, 2.05) is 31.2 Å². The number of carbonyl (C=O) groups excluding carboxylic acids is 1. The monoisotopic (exact) mass is 207 g/mol. The Hall–Kier alpha value is -1.71. The predicted molar refractivity (Wildman–Crippen MR) is 61.4 cm³/mol. The third-order valence-corrected chi connectivity index (χ3v) is 2.07. The topological polar surface area (TPSA) is 58.4 Å². The van der Waals surface area contributed by atoms with Crippen molar-refractivity contribution >= 4 is 11.7 Å². The van der Waals surface area contributed by atoms with Crippen LogP contribution in [0.2, 0.25) is 0 Å². The fourth-order valence-corrected chi connectivity index (χ4v) is 1.25. The molecule has 15 heavy (non-hydrogen) atoms. The van der Waals surface area contributed by atoms with E-state index in [4.69, 9.17) is 5.73 Å². The SMILES string of the molecule is CCNC(=O)N(C)Cc1ccc(N)cc1. The van der Waals surface area contributed by atoms with Gasteiger partial charge in [0.25, 0.3) is 0 Å². The van der Waals surface area contributed by atoms with Crippen molar-refractivity contribution in [2.24, 2.45) is 0 Å². The molecule has 1 rings (SSSR count). The standard InChI is InChI=1S/C11H17N3O/c1-3-13-11(15)14(2)8-9-4-6-10(12)7-5-9/h4-7H,3,8,12H2,1-2H3,(H,13,15). The molecule has 0 aliphatic carbocycles. The van der Waals surface area contributed by atoms with Gasteiger partial charge in [0.2, 0.25) is 0 Å². The highest BCUT2D eigenvalue weighted by Crippen LogP contribution is 2.07. The molecule has 4 heteroatoms. The lowest BCUT2D eigenvalue weighted by molar-refractivity contribution is 0.207. The van der Waals surface area contributed by atoms with Crippen LogP contribution in [0.1, 0.15) is 12.5 Å². The zero-order valence-corrected chi connectivity index (χ0v) is 9.16. The van der Waals surface area contributed by atoms with Crippen LogP contribution in [-0.2, 0) is 6.54 Å². The normalized spacial score (nSPS) is 9.73. The Labute approximate surface area is 90.1 Å². The molecule has 1 aromatic rings. The molecule has 0 fully saturated rings. The first-order valence-electron chi connectivity index (χ1n) is 4.97. The van der Waals surface area contributed by atoms with Gasteiger partial charge in [0.1, 0.15) is 0 Å². The first kappa shape index (κ1) is 11.4. The number of hydrogen-bond acceptors (Lipinski definition) is 2. The van der Waals surface area contributed by atoms with Crippen molar-refractivity contribution in [2.45, 2.75) is 13.5 Å². The smallest absolute Gasteiger partial charge is 0.317 e. The second-order valence-electron chi connectivity index (χ2n) is 3.43. The van der Waals surface area contributed by atoms with Crippen LogP contribution in [0, 0.1) is 0 Å². The molecule has 1 aromatic carbocycles. The lowest BCUT2D eigenvalue weighted by atomic mass is 10.2. The van der Waals surface area contributed by atoms with Gasteiger partial charge in [-0.1, -0.05) is 12.1 Å². The number of benzene rings is 1. The molecule has 82 valence electrons. The van der Waals surface area contributed by atoms with E-state index < -0.39 is 0 Å². The van der Waals surface area contributed by atoms with Crippen LogP contribution in [0.25, 0.3) is 0 Å². The molecule has 3 N–H and O–H groups in total. The van der Waals surface area contributed by atoms with Gasteiger partial charge in [0.15, 0.2) is 0 Å². The molecule has 0 aliphatic heterocycles. The first-order valence-corrected chi connectivity index (χ1v) is 4.97. The van der Waals surface area contributed by atoms with Crippen LogP contribution < -0.4 is 11.1 Å². The molecule has 0 heterocycles. The summed E-state index contributed by atoms with van der Waals surface area (Å²) in [6.07, 6.45) is 0. The number of anilines is 1. The third kappa shape index (κ3) is 3.50. The molecule has 0 radical (unpaired) electrons. The molecule has 0 aliphatic rings. The maximum absolute atomic E-state index is 11.4. The quantitative estimate of drug-likeness (QED) is 0.737. The summed E-state index contributed by atoms with van der Waals surface area (Å²) in [6.45, 7) is 3.13. The highest BCUT2D eigenvalue weighted by molar-refractivity contribution is 5.73. The number of nitrogens with zero attached hydrogens (tertiary/aromatic N) is 1. The number of nitrogens with two attached hydrogens (primary N) is 1. The van der Waals surface area contributed by atoms with E-state index in [1.165, 1.54) is 0 Å². The summed E-state index contributed by atoms with van der Waals surface area (Å²) in [5.41, 5.74) is 7.38. The number of rotatable bonds is 3. The number of urea groups is 1. The molecule has 0 bridgehead atoms. The second kappa shape index (κ2) is 5.24. The molecule has 0 aromatic heterocycles. The van der Waals surface area contributed by atoms with E-state index in [1.54, 1.807) is 11.9 Å². The van der Waals surface area contributed by atoms with Crippen LogP contribution in [0.5, 0.6) is 0 Å². The molecule has 2 amide bonds. The molecule has 0 saturated carbocycles. The zero-order chi connectivity index (χ0) is 11.3. The van der Waals surface area contributed by atoms with Crippen molar-refractivity contribution in [3.63, 3.8) is 0 Å². The van der Waals surface area contributed by atoms with Gasteiger partial charge in [-0.15, -0.1) is 0 Å². The number of nitrogen functional groups attached to an aromatic ring is 1. The lowest BCUT2D eigenvalue weighted by Crippen LogP contribution is -2.36. The zero-order valence-electron chi connectivity index (χ0n) is 9.16.